The summed E-state index contributed by atoms with van der Waals surface area (Å²) in [6.45, 7) is 1.84. The van der Waals surface area contributed by atoms with Gasteiger partial charge in [-0.15, -0.1) is 10.9 Å². The number of hydrogen-bond acceptors (Lipinski definition) is 2. The Bertz CT molecular complexity index is 1450. The second-order valence-corrected chi connectivity index (χ2v) is 9.82. The van der Waals surface area contributed by atoms with Crippen LogP contribution in [0.2, 0.25) is 0 Å². The molecule has 0 saturated carbocycles. The van der Waals surface area contributed by atoms with Crippen LogP contribution in [0.4, 0.5) is 0 Å². The van der Waals surface area contributed by atoms with Crippen LogP contribution in [0.25, 0.3) is 21.8 Å². The fourth-order valence-electron chi connectivity index (χ4n) is 3.67. The van der Waals surface area contributed by atoms with Crippen LogP contribution >= 0.6 is 15.9 Å². The maximum Gasteiger partial charge on any atom is 0.268 e. The van der Waals surface area contributed by atoms with Gasteiger partial charge in [-0.1, -0.05) is 60.9 Å². The first kappa shape index (κ1) is 22.5. The minimum absolute atomic E-state index is 0.00438. The summed E-state index contributed by atoms with van der Waals surface area (Å²) >= 11 is 3.31. The number of benzene rings is 3. The summed E-state index contributed by atoms with van der Waals surface area (Å²) in [6.07, 6.45) is 0. The zero-order chi connectivity index (χ0) is 23.0. The Hall–Kier alpha value is -1.66. The summed E-state index contributed by atoms with van der Waals surface area (Å²) in [5.41, 5.74) is 1.09. The van der Waals surface area contributed by atoms with Crippen LogP contribution in [0.15, 0.2) is 33.6 Å². The zero-order valence-corrected chi connectivity index (χ0v) is 18.8. The SMILES string of the molecule is [B]c1c([B])c([B])c2c(c1[B])c1c([B])c(Br)c([B])c([B])c1n2S(=O)(=O)c1ccc(C)cc1. The van der Waals surface area contributed by atoms with Gasteiger partial charge in [-0.2, -0.15) is 0 Å². The van der Waals surface area contributed by atoms with E-state index in [-0.39, 0.29) is 64.9 Å². The second-order valence-electron chi connectivity index (χ2n) is 7.24. The predicted octanol–water partition coefficient (Wildman–Crippen LogP) is -3.34. The van der Waals surface area contributed by atoms with Crippen molar-refractivity contribution in [2.75, 3.05) is 0 Å². The Labute approximate surface area is 198 Å². The summed E-state index contributed by atoms with van der Waals surface area (Å²) in [5.74, 6) is 0. The van der Waals surface area contributed by atoms with Gasteiger partial charge in [-0.25, -0.2) is 12.4 Å². The van der Waals surface area contributed by atoms with E-state index in [1.54, 1.807) is 12.1 Å². The number of aromatic nitrogens is 1. The molecule has 1 heterocycles. The predicted molar refractivity (Wildman–Crippen MR) is 139 cm³/mol. The van der Waals surface area contributed by atoms with Gasteiger partial charge in [-0.3, -0.25) is 0 Å². The first-order chi connectivity index (χ1) is 14.4. The molecule has 0 fully saturated rings. The van der Waals surface area contributed by atoms with Crippen molar-refractivity contribution in [2.24, 2.45) is 0 Å². The molecule has 0 unspecified atom stereocenters. The molecular formula is C19H7B7BrNO2S. The molecule has 1 aromatic heterocycles. The Morgan fingerprint density at radius 3 is 1.68 bits per heavy atom. The lowest BCUT2D eigenvalue weighted by Crippen LogP contribution is -2.48. The molecule has 0 amide bonds. The lowest BCUT2D eigenvalue weighted by Gasteiger charge is -2.17. The van der Waals surface area contributed by atoms with Crippen molar-refractivity contribution < 1.29 is 8.42 Å². The van der Waals surface area contributed by atoms with Gasteiger partial charge in [0.2, 0.25) is 0 Å². The molecule has 31 heavy (non-hydrogen) atoms. The third-order valence-corrected chi connectivity index (χ3v) is 7.94. The Balaban J connectivity index is 2.39. The topological polar surface area (TPSA) is 39.1 Å². The van der Waals surface area contributed by atoms with Gasteiger partial charge in [0.15, 0.2) is 0 Å². The molecule has 3 aromatic carbocycles. The monoisotopic (exact) mass is 469 g/mol. The van der Waals surface area contributed by atoms with Gasteiger partial charge in [-0.05, 0) is 24.4 Å². The van der Waals surface area contributed by atoms with Gasteiger partial charge in [0.05, 0.1) is 15.9 Å². The van der Waals surface area contributed by atoms with E-state index in [9.17, 15) is 8.42 Å². The minimum atomic E-state index is -4.23. The smallest absolute Gasteiger partial charge is 0.235 e. The normalized spacial score (nSPS) is 12.1. The van der Waals surface area contributed by atoms with Crippen molar-refractivity contribution >= 4 is 141 Å². The average molecular weight is 469 g/mol. The molecule has 0 aliphatic carbocycles. The van der Waals surface area contributed by atoms with Crippen molar-refractivity contribution in [2.45, 2.75) is 11.8 Å². The van der Waals surface area contributed by atoms with Crippen molar-refractivity contribution in [3.63, 3.8) is 0 Å². The van der Waals surface area contributed by atoms with E-state index < -0.39 is 10.0 Å². The van der Waals surface area contributed by atoms with Crippen molar-refractivity contribution in [1.82, 2.24) is 3.97 Å². The van der Waals surface area contributed by atoms with Crippen LogP contribution in [0.3, 0.4) is 0 Å². The highest BCUT2D eigenvalue weighted by Gasteiger charge is 2.28. The third-order valence-electron chi connectivity index (χ3n) is 5.37. The molecular weight excluding hydrogens is 462 g/mol. The molecule has 4 rings (SSSR count). The number of rotatable bonds is 2. The summed E-state index contributed by atoms with van der Waals surface area (Å²) in [4.78, 5) is 0.00438. The molecule has 0 spiro atoms. The van der Waals surface area contributed by atoms with Gasteiger partial charge < -0.3 is 0 Å². The highest BCUT2D eigenvalue weighted by molar-refractivity contribution is 9.10. The average Bonchev–Trinajstić information content (AvgIpc) is 3.11. The number of hydrogen-bond donors (Lipinski definition) is 0. The minimum Gasteiger partial charge on any atom is -0.235 e. The summed E-state index contributed by atoms with van der Waals surface area (Å²) in [7, 11) is 39.1. The van der Waals surface area contributed by atoms with E-state index in [1.165, 1.54) is 12.1 Å². The van der Waals surface area contributed by atoms with Crippen molar-refractivity contribution in [1.29, 1.82) is 0 Å². The standard InChI is InChI=1S/C19H7B7BrNO2S/c1-6-2-4-7(5-3-6)31(29,30)28-18-8(10(20)12(22)13(23)15(18)25)9-11(21)17(27)14(24)16(26)19(9)28/h2-5H,1H3. The first-order valence-corrected chi connectivity index (χ1v) is 11.2. The highest BCUT2D eigenvalue weighted by atomic mass is 79.9. The van der Waals surface area contributed by atoms with E-state index in [0.29, 0.717) is 4.47 Å². The quantitative estimate of drug-likeness (QED) is 0.289. The number of aryl methyl sites for hydroxylation is 1. The molecule has 134 valence electrons. The third kappa shape index (κ3) is 3.05. The van der Waals surface area contributed by atoms with Gasteiger partial charge >= 0.3 is 0 Å². The number of halogens is 1. The molecule has 0 aliphatic rings. The molecule has 0 saturated heterocycles. The maximum atomic E-state index is 13.8. The second kappa shape index (κ2) is 7.45. The van der Waals surface area contributed by atoms with Crippen molar-refractivity contribution in [3.8, 4) is 0 Å². The molecule has 12 heteroatoms. The van der Waals surface area contributed by atoms with Crippen LogP contribution in [-0.2, 0) is 10.0 Å². The van der Waals surface area contributed by atoms with E-state index >= 15 is 0 Å². The van der Waals surface area contributed by atoms with Gasteiger partial charge in [0.1, 0.15) is 54.9 Å². The maximum absolute atomic E-state index is 13.8. The van der Waals surface area contributed by atoms with E-state index in [1.807, 2.05) is 6.92 Å². The lowest BCUT2D eigenvalue weighted by molar-refractivity contribution is 0.590. The first-order valence-electron chi connectivity index (χ1n) is 8.95. The molecule has 0 aliphatic heterocycles. The summed E-state index contributed by atoms with van der Waals surface area (Å²) in [5, 5.41) is 0.472. The summed E-state index contributed by atoms with van der Waals surface area (Å²) in [6, 6.07) is 6.30. The number of nitrogens with zero attached hydrogens (tertiary/aromatic N) is 1. The zero-order valence-electron chi connectivity index (χ0n) is 16.4. The van der Waals surface area contributed by atoms with Crippen LogP contribution in [0.5, 0.6) is 0 Å². The molecule has 0 atom stereocenters. The fourth-order valence-corrected chi connectivity index (χ4v) is 5.64. The van der Waals surface area contributed by atoms with Gasteiger partial charge in [0, 0.05) is 9.86 Å². The molecule has 4 aromatic rings. The Morgan fingerprint density at radius 2 is 1.13 bits per heavy atom. The van der Waals surface area contributed by atoms with Crippen LogP contribution < -0.4 is 38.2 Å². The number of fused-ring (bicyclic) bond motifs is 3. The Kier molecular flexibility index (Phi) is 5.41. The largest absolute Gasteiger partial charge is 0.268 e. The van der Waals surface area contributed by atoms with E-state index in [0.717, 1.165) is 9.54 Å². The van der Waals surface area contributed by atoms with Gasteiger partial charge in [0.25, 0.3) is 10.0 Å². The van der Waals surface area contributed by atoms with E-state index in [2.05, 4.69) is 15.9 Å². The van der Waals surface area contributed by atoms with E-state index in [4.69, 9.17) is 54.9 Å². The van der Waals surface area contributed by atoms with Crippen LogP contribution in [0.1, 0.15) is 5.56 Å². The van der Waals surface area contributed by atoms with Crippen molar-refractivity contribution in [3.05, 3.63) is 34.3 Å². The van der Waals surface area contributed by atoms with Crippen LogP contribution in [-0.4, -0.2) is 67.3 Å². The van der Waals surface area contributed by atoms with Crippen LogP contribution in [0, 0.1) is 6.92 Å². The lowest BCUT2D eigenvalue weighted by atomic mass is 9.65. The molecule has 0 bridgehead atoms. The molecule has 14 radical (unpaired) electrons. The Morgan fingerprint density at radius 1 is 0.677 bits per heavy atom. The fraction of sp³-hybridized carbons (Fsp3) is 0.0526. The molecule has 0 N–H and O–H groups in total. The molecule has 3 nitrogen and oxygen atoms in total. The summed E-state index contributed by atoms with van der Waals surface area (Å²) < 4.78 is 28.9. The highest BCUT2D eigenvalue weighted by Crippen LogP contribution is 2.29.